The zero-order valence-electron chi connectivity index (χ0n) is 7.74. The van der Waals surface area contributed by atoms with E-state index in [1.165, 1.54) is 21.4 Å². The van der Waals surface area contributed by atoms with Gasteiger partial charge in [0, 0.05) is 10.3 Å². The highest BCUT2D eigenvalue weighted by Crippen LogP contribution is 2.40. The lowest BCUT2D eigenvalue weighted by Crippen LogP contribution is -1.84. The van der Waals surface area contributed by atoms with E-state index in [0.717, 1.165) is 5.56 Å². The Morgan fingerprint density at radius 2 is 1.92 bits per heavy atom. The second-order valence-corrected chi connectivity index (χ2v) is 4.50. The molecule has 0 bridgehead atoms. The van der Waals surface area contributed by atoms with E-state index >= 15 is 0 Å². The van der Waals surface area contributed by atoms with Gasteiger partial charge < -0.3 is 5.11 Å². The van der Waals surface area contributed by atoms with E-state index in [1.807, 2.05) is 18.2 Å². The van der Waals surface area contributed by atoms with E-state index in [-0.39, 0.29) is 0 Å². The van der Waals surface area contributed by atoms with E-state index in [1.54, 1.807) is 0 Å². The van der Waals surface area contributed by atoms with Crippen LogP contribution in [0.5, 0.6) is 5.06 Å². The van der Waals surface area contributed by atoms with E-state index < -0.39 is 0 Å². The number of rotatable bonds is 1. The fourth-order valence-corrected chi connectivity index (χ4v) is 2.71. The smallest absolute Gasteiger partial charge is 0.175 e. The number of benzene rings is 1. The van der Waals surface area contributed by atoms with Gasteiger partial charge in [-0.15, -0.1) is 0 Å². The van der Waals surface area contributed by atoms with Gasteiger partial charge in [0.05, 0.1) is 0 Å². The van der Waals surface area contributed by atoms with E-state index in [0.29, 0.717) is 11.0 Å². The Kier molecular flexibility index (Phi) is 2.00. The van der Waals surface area contributed by atoms with Crippen LogP contribution < -0.4 is 0 Å². The summed E-state index contributed by atoms with van der Waals surface area (Å²) >= 11 is 1.46. The predicted molar refractivity (Wildman–Crippen MR) is 57.6 cm³/mol. The van der Waals surface area contributed by atoms with Crippen molar-refractivity contribution in [3.05, 3.63) is 29.8 Å². The van der Waals surface area contributed by atoms with Crippen molar-refractivity contribution in [2.24, 2.45) is 0 Å². The largest absolute Gasteiger partial charge is 0.499 e. The highest BCUT2D eigenvalue weighted by molar-refractivity contribution is 7.20. The number of hydrogen-bond acceptors (Lipinski definition) is 2. The molecule has 0 aliphatic heterocycles. The fourth-order valence-electron chi connectivity index (χ4n) is 1.61. The average Bonchev–Trinajstić information content (AvgIpc) is 2.39. The molecule has 1 heterocycles. The zero-order valence-corrected chi connectivity index (χ0v) is 8.56. The SMILES string of the molecule is CC(C)c1c(O)sc2ccccc12. The Bertz CT molecular complexity index is 429. The fraction of sp³-hybridized carbons (Fsp3) is 0.273. The Balaban J connectivity index is 2.78. The van der Waals surface area contributed by atoms with Gasteiger partial charge in [-0.3, -0.25) is 0 Å². The molecule has 0 spiro atoms. The molecule has 2 aromatic rings. The third-order valence-corrected chi connectivity index (χ3v) is 3.18. The number of hydrogen-bond donors (Lipinski definition) is 1. The van der Waals surface area contributed by atoms with Crippen LogP contribution in [0.1, 0.15) is 25.3 Å². The predicted octanol–water partition coefficient (Wildman–Crippen LogP) is 3.73. The van der Waals surface area contributed by atoms with Gasteiger partial charge in [0.2, 0.25) is 0 Å². The van der Waals surface area contributed by atoms with E-state index in [2.05, 4.69) is 19.9 Å². The molecule has 0 unspecified atom stereocenters. The summed E-state index contributed by atoms with van der Waals surface area (Å²) in [6.07, 6.45) is 0. The molecule has 1 nitrogen and oxygen atoms in total. The lowest BCUT2D eigenvalue weighted by Gasteiger charge is -2.02. The number of aromatic hydroxyl groups is 1. The minimum Gasteiger partial charge on any atom is -0.499 e. The molecule has 0 aliphatic rings. The summed E-state index contributed by atoms with van der Waals surface area (Å²) in [7, 11) is 0. The molecule has 0 saturated heterocycles. The lowest BCUT2D eigenvalue weighted by molar-refractivity contribution is 0.482. The molecule has 0 saturated carbocycles. The molecule has 13 heavy (non-hydrogen) atoms. The molecule has 68 valence electrons. The summed E-state index contributed by atoms with van der Waals surface area (Å²) in [4.78, 5) is 0. The van der Waals surface area contributed by atoms with Crippen molar-refractivity contribution in [3.8, 4) is 5.06 Å². The maximum atomic E-state index is 9.72. The molecule has 1 aromatic carbocycles. The molecule has 2 rings (SSSR count). The second kappa shape index (κ2) is 3.04. The van der Waals surface area contributed by atoms with Gasteiger partial charge in [0.25, 0.3) is 0 Å². The Hall–Kier alpha value is -1.02. The van der Waals surface area contributed by atoms with Crippen molar-refractivity contribution in [1.82, 2.24) is 0 Å². The molecular weight excluding hydrogens is 180 g/mol. The summed E-state index contributed by atoms with van der Waals surface area (Å²) in [6.45, 7) is 4.21. The van der Waals surface area contributed by atoms with Crippen LogP contribution in [-0.4, -0.2) is 5.11 Å². The van der Waals surface area contributed by atoms with Crippen molar-refractivity contribution >= 4 is 21.4 Å². The molecule has 1 aromatic heterocycles. The number of fused-ring (bicyclic) bond motifs is 1. The number of thiophene rings is 1. The van der Waals surface area contributed by atoms with Gasteiger partial charge in [-0.25, -0.2) is 0 Å². The highest BCUT2D eigenvalue weighted by Gasteiger charge is 2.13. The minimum atomic E-state index is 0.385. The summed E-state index contributed by atoms with van der Waals surface area (Å²) in [5.74, 6) is 0.385. The molecule has 1 N–H and O–H groups in total. The van der Waals surface area contributed by atoms with E-state index in [9.17, 15) is 5.11 Å². The maximum absolute atomic E-state index is 9.72. The molecular formula is C11H12OS. The van der Waals surface area contributed by atoms with Crippen molar-refractivity contribution in [3.63, 3.8) is 0 Å². The van der Waals surface area contributed by atoms with Gasteiger partial charge in [0.1, 0.15) is 0 Å². The quantitative estimate of drug-likeness (QED) is 0.730. The Morgan fingerprint density at radius 1 is 1.23 bits per heavy atom. The monoisotopic (exact) mass is 192 g/mol. The first kappa shape index (κ1) is 8.57. The molecule has 0 radical (unpaired) electrons. The van der Waals surface area contributed by atoms with Crippen LogP contribution in [0.15, 0.2) is 24.3 Å². The first-order valence-electron chi connectivity index (χ1n) is 4.40. The van der Waals surface area contributed by atoms with Crippen LogP contribution in [0.2, 0.25) is 0 Å². The highest BCUT2D eigenvalue weighted by atomic mass is 32.1. The van der Waals surface area contributed by atoms with Gasteiger partial charge in [-0.1, -0.05) is 43.4 Å². The average molecular weight is 192 g/mol. The van der Waals surface area contributed by atoms with Crippen molar-refractivity contribution in [2.45, 2.75) is 19.8 Å². The van der Waals surface area contributed by atoms with Crippen molar-refractivity contribution in [2.75, 3.05) is 0 Å². The zero-order chi connectivity index (χ0) is 9.42. The van der Waals surface area contributed by atoms with Crippen LogP contribution >= 0.6 is 11.3 Å². The van der Waals surface area contributed by atoms with Crippen LogP contribution in [0.3, 0.4) is 0 Å². The van der Waals surface area contributed by atoms with Crippen molar-refractivity contribution in [1.29, 1.82) is 0 Å². The van der Waals surface area contributed by atoms with Gasteiger partial charge in [-0.2, -0.15) is 0 Å². The molecule has 0 amide bonds. The third kappa shape index (κ3) is 1.31. The standard InChI is InChI=1S/C11H12OS/c1-7(2)10-8-5-3-4-6-9(8)13-11(10)12/h3-7,12H,1-2H3. The Labute approximate surface area is 81.6 Å². The van der Waals surface area contributed by atoms with Crippen LogP contribution in [0.25, 0.3) is 10.1 Å². The normalized spacial score (nSPS) is 11.3. The Morgan fingerprint density at radius 3 is 2.62 bits per heavy atom. The van der Waals surface area contributed by atoms with Crippen LogP contribution in [0.4, 0.5) is 0 Å². The molecule has 2 heteroatoms. The summed E-state index contributed by atoms with van der Waals surface area (Å²) in [5, 5.41) is 11.4. The maximum Gasteiger partial charge on any atom is 0.175 e. The molecule has 0 aliphatic carbocycles. The van der Waals surface area contributed by atoms with Gasteiger partial charge in [0.15, 0.2) is 5.06 Å². The third-order valence-electron chi connectivity index (χ3n) is 2.19. The first-order chi connectivity index (χ1) is 6.20. The van der Waals surface area contributed by atoms with Gasteiger partial charge >= 0.3 is 0 Å². The summed E-state index contributed by atoms with van der Waals surface area (Å²) < 4.78 is 1.17. The summed E-state index contributed by atoms with van der Waals surface area (Å²) in [6, 6.07) is 8.13. The van der Waals surface area contributed by atoms with Crippen molar-refractivity contribution < 1.29 is 5.11 Å². The first-order valence-corrected chi connectivity index (χ1v) is 5.22. The minimum absolute atomic E-state index is 0.385. The molecule has 0 fully saturated rings. The van der Waals surface area contributed by atoms with Crippen LogP contribution in [0, 0.1) is 0 Å². The van der Waals surface area contributed by atoms with Crippen LogP contribution in [-0.2, 0) is 0 Å². The van der Waals surface area contributed by atoms with E-state index in [4.69, 9.17) is 0 Å². The molecule has 0 atom stereocenters. The second-order valence-electron chi connectivity index (χ2n) is 3.47. The topological polar surface area (TPSA) is 20.2 Å². The summed E-state index contributed by atoms with van der Waals surface area (Å²) in [5.41, 5.74) is 1.08. The lowest BCUT2D eigenvalue weighted by atomic mass is 10.0. The van der Waals surface area contributed by atoms with Gasteiger partial charge in [-0.05, 0) is 17.4 Å².